The average Bonchev–Trinajstić information content (AvgIpc) is 2.84. The van der Waals surface area contributed by atoms with Gasteiger partial charge in [0.2, 0.25) is 0 Å². The van der Waals surface area contributed by atoms with Crippen LogP contribution in [-0.4, -0.2) is 28.9 Å². The van der Waals surface area contributed by atoms with Gasteiger partial charge in [-0.05, 0) is 19.1 Å². The molecule has 1 amide bonds. The number of amides is 1. The molecule has 0 bridgehead atoms. The van der Waals surface area contributed by atoms with Gasteiger partial charge in [0, 0.05) is 18.8 Å². The average molecular weight is 414 g/mol. The summed E-state index contributed by atoms with van der Waals surface area (Å²) in [5.74, 6) is -1.37. The van der Waals surface area contributed by atoms with Crippen LogP contribution in [0.2, 0.25) is 5.02 Å². The third kappa shape index (κ3) is 4.79. The lowest BCUT2D eigenvalue weighted by atomic mass is 10.2. The van der Waals surface area contributed by atoms with Gasteiger partial charge in [-0.3, -0.25) is 9.48 Å². The van der Waals surface area contributed by atoms with Gasteiger partial charge in [0.25, 0.3) is 5.91 Å². The summed E-state index contributed by atoms with van der Waals surface area (Å²) in [5, 5.41) is 4.91. The molecule has 2 aromatic rings. The molecule has 2 rings (SSSR count). The van der Waals surface area contributed by atoms with Crippen molar-refractivity contribution >= 4 is 23.2 Å². The van der Waals surface area contributed by atoms with Gasteiger partial charge in [-0.25, -0.2) is 0 Å². The second-order valence-electron chi connectivity index (χ2n) is 5.06. The predicted octanol–water partition coefficient (Wildman–Crippen LogP) is 4.34. The number of nitrogens with zero attached hydrogens (tertiary/aromatic N) is 2. The molecule has 0 saturated carbocycles. The molecular weight excluding hydrogens is 401 g/mol. The van der Waals surface area contributed by atoms with E-state index in [0.29, 0.717) is 4.68 Å². The Bertz CT molecular complexity index is 839. The number of anilines is 1. The Morgan fingerprint density at radius 1 is 1.33 bits per heavy atom. The molecule has 1 aromatic heterocycles. The molecule has 0 aliphatic rings. The molecule has 6 nitrogen and oxygen atoms in total. The van der Waals surface area contributed by atoms with Gasteiger partial charge >= 0.3 is 12.8 Å². The van der Waals surface area contributed by atoms with Gasteiger partial charge in [-0.2, -0.15) is 27.1 Å². The summed E-state index contributed by atoms with van der Waals surface area (Å²) in [6.07, 6.45) is -4.80. The van der Waals surface area contributed by atoms with Crippen molar-refractivity contribution in [3.05, 3.63) is 34.6 Å². The maximum absolute atomic E-state index is 12.9. The Labute approximate surface area is 154 Å². The number of rotatable bonds is 6. The molecule has 0 radical (unpaired) electrons. The van der Waals surface area contributed by atoms with Crippen molar-refractivity contribution in [3.8, 4) is 11.5 Å². The summed E-state index contributed by atoms with van der Waals surface area (Å²) in [5.41, 5.74) is -1.86. The number of carbonyl (C=O) groups is 1. The first kappa shape index (κ1) is 20.7. The Balaban J connectivity index is 2.29. The monoisotopic (exact) mass is 413 g/mol. The number of carbonyl (C=O) groups excluding carboxylic acids is 1. The van der Waals surface area contributed by atoms with E-state index >= 15 is 0 Å². The molecule has 27 heavy (non-hydrogen) atoms. The zero-order chi connectivity index (χ0) is 20.4. The minimum absolute atomic E-state index is 0.0559. The van der Waals surface area contributed by atoms with Crippen LogP contribution >= 0.6 is 11.6 Å². The van der Waals surface area contributed by atoms with Crippen molar-refractivity contribution in [1.82, 2.24) is 9.78 Å². The zero-order valence-corrected chi connectivity index (χ0v) is 14.7. The van der Waals surface area contributed by atoms with Gasteiger partial charge in [-0.1, -0.05) is 11.6 Å². The lowest BCUT2D eigenvalue weighted by Gasteiger charge is -2.13. The predicted molar refractivity (Wildman–Crippen MR) is 85.4 cm³/mol. The second-order valence-corrected chi connectivity index (χ2v) is 5.44. The van der Waals surface area contributed by atoms with E-state index < -0.39 is 35.1 Å². The van der Waals surface area contributed by atoms with E-state index in [-0.39, 0.29) is 23.8 Å². The highest BCUT2D eigenvalue weighted by Crippen LogP contribution is 2.36. The van der Waals surface area contributed by atoms with Crippen LogP contribution in [0.4, 0.5) is 27.6 Å². The van der Waals surface area contributed by atoms with Gasteiger partial charge < -0.3 is 14.8 Å². The zero-order valence-electron chi connectivity index (χ0n) is 13.9. The maximum atomic E-state index is 12.9. The number of aromatic nitrogens is 2. The Hall–Kier alpha value is -2.56. The molecule has 0 saturated heterocycles. The molecular formula is C15H13ClF5N3O3. The highest BCUT2D eigenvalue weighted by molar-refractivity contribution is 6.34. The molecule has 0 unspecified atom stereocenters. The number of aryl methyl sites for hydroxylation is 1. The number of halogens is 6. The third-order valence-corrected chi connectivity index (χ3v) is 3.55. The molecule has 0 atom stereocenters. The van der Waals surface area contributed by atoms with Gasteiger partial charge in [0.05, 0.1) is 6.61 Å². The number of ether oxygens (including phenoxy) is 2. The number of benzene rings is 1. The normalized spacial score (nSPS) is 11.6. The van der Waals surface area contributed by atoms with Crippen molar-refractivity contribution in [3.63, 3.8) is 0 Å². The summed E-state index contributed by atoms with van der Waals surface area (Å²) in [6.45, 7) is -1.36. The minimum Gasteiger partial charge on any atom is -0.490 e. The molecule has 1 N–H and O–H groups in total. The van der Waals surface area contributed by atoms with Crippen LogP contribution in [0.5, 0.6) is 11.5 Å². The van der Waals surface area contributed by atoms with Crippen LogP contribution in [0, 0.1) is 0 Å². The highest BCUT2D eigenvalue weighted by Gasteiger charge is 2.40. The van der Waals surface area contributed by atoms with Crippen molar-refractivity contribution in [2.45, 2.75) is 19.7 Å². The fourth-order valence-corrected chi connectivity index (χ4v) is 2.54. The highest BCUT2D eigenvalue weighted by atomic mass is 35.5. The smallest absolute Gasteiger partial charge is 0.434 e. The van der Waals surface area contributed by atoms with E-state index in [2.05, 4.69) is 15.2 Å². The van der Waals surface area contributed by atoms with Gasteiger partial charge in [0.1, 0.15) is 5.02 Å². The van der Waals surface area contributed by atoms with Gasteiger partial charge in [0.15, 0.2) is 22.9 Å². The van der Waals surface area contributed by atoms with Crippen LogP contribution in [-0.2, 0) is 13.2 Å². The fourth-order valence-electron chi connectivity index (χ4n) is 2.19. The number of hydrogen-bond donors (Lipinski definition) is 1. The molecule has 1 heterocycles. The quantitative estimate of drug-likeness (QED) is 0.715. The summed E-state index contributed by atoms with van der Waals surface area (Å²) < 4.78 is 73.5. The number of hydrogen-bond acceptors (Lipinski definition) is 4. The van der Waals surface area contributed by atoms with Gasteiger partial charge in [-0.15, -0.1) is 0 Å². The molecule has 0 spiro atoms. The van der Waals surface area contributed by atoms with E-state index in [4.69, 9.17) is 16.3 Å². The third-order valence-electron chi connectivity index (χ3n) is 3.19. The standard InChI is InChI=1S/C15H13ClF5N3O3/c1-3-26-9-6-7(4-5-8(9)27-14(17)18)22-13(25)11-10(16)12(15(19,20)21)24(2)23-11/h4-6,14H,3H2,1-2H3,(H,22,25). The fraction of sp³-hybridized carbons (Fsp3) is 0.333. The molecule has 0 aliphatic carbocycles. The second kappa shape index (κ2) is 7.99. The van der Waals surface area contributed by atoms with Crippen molar-refractivity contribution in [1.29, 1.82) is 0 Å². The van der Waals surface area contributed by atoms with E-state index in [0.717, 1.165) is 13.1 Å². The van der Waals surface area contributed by atoms with Crippen molar-refractivity contribution in [2.75, 3.05) is 11.9 Å². The Morgan fingerprint density at radius 3 is 2.52 bits per heavy atom. The first-order valence-corrected chi connectivity index (χ1v) is 7.75. The van der Waals surface area contributed by atoms with Crippen LogP contribution in [0.25, 0.3) is 0 Å². The number of alkyl halides is 5. The molecule has 1 aromatic carbocycles. The van der Waals surface area contributed by atoms with Crippen LogP contribution in [0.1, 0.15) is 23.1 Å². The SMILES string of the molecule is CCOc1cc(NC(=O)c2nn(C)c(C(F)(F)F)c2Cl)ccc1OC(F)F. The Morgan fingerprint density at radius 2 is 2.00 bits per heavy atom. The molecule has 0 aliphatic heterocycles. The molecule has 0 fully saturated rings. The summed E-state index contributed by atoms with van der Waals surface area (Å²) >= 11 is 5.65. The largest absolute Gasteiger partial charge is 0.490 e. The number of nitrogens with one attached hydrogen (secondary N) is 1. The van der Waals surface area contributed by atoms with Crippen molar-refractivity contribution in [2.24, 2.45) is 7.05 Å². The Kier molecular flexibility index (Phi) is 6.14. The first-order valence-electron chi connectivity index (χ1n) is 7.37. The van der Waals surface area contributed by atoms with E-state index in [1.54, 1.807) is 6.92 Å². The topological polar surface area (TPSA) is 65.4 Å². The lowest BCUT2D eigenvalue weighted by Crippen LogP contribution is -2.14. The van der Waals surface area contributed by atoms with Crippen LogP contribution in [0.3, 0.4) is 0 Å². The lowest BCUT2D eigenvalue weighted by molar-refractivity contribution is -0.143. The van der Waals surface area contributed by atoms with E-state index in [9.17, 15) is 26.7 Å². The van der Waals surface area contributed by atoms with E-state index in [1.165, 1.54) is 12.1 Å². The molecule has 148 valence electrons. The minimum atomic E-state index is -4.80. The first-order chi connectivity index (χ1) is 12.5. The van der Waals surface area contributed by atoms with Crippen LogP contribution in [0.15, 0.2) is 18.2 Å². The summed E-state index contributed by atoms with van der Waals surface area (Å²) in [6, 6.07) is 3.51. The van der Waals surface area contributed by atoms with Crippen molar-refractivity contribution < 1.29 is 36.2 Å². The molecule has 12 heteroatoms. The summed E-state index contributed by atoms with van der Waals surface area (Å²) in [4.78, 5) is 12.2. The van der Waals surface area contributed by atoms with Crippen LogP contribution < -0.4 is 14.8 Å². The maximum Gasteiger partial charge on any atom is 0.434 e. The summed E-state index contributed by atoms with van der Waals surface area (Å²) in [7, 11) is 0.995. The van der Waals surface area contributed by atoms with E-state index in [1.807, 2.05) is 0 Å².